The summed E-state index contributed by atoms with van der Waals surface area (Å²) in [5.41, 5.74) is 6.48. The smallest absolute Gasteiger partial charge is 0.857 e. The summed E-state index contributed by atoms with van der Waals surface area (Å²) in [7, 11) is 0. The van der Waals surface area contributed by atoms with E-state index in [1.165, 1.54) is 6.20 Å². The molecule has 0 spiro atoms. The van der Waals surface area contributed by atoms with Crippen LogP contribution < -0.4 is 10.8 Å². The Morgan fingerprint density at radius 3 is 1.75 bits per heavy atom. The predicted octanol–water partition coefficient (Wildman–Crippen LogP) is -5.09. The van der Waals surface area contributed by atoms with Crippen LogP contribution in [0.15, 0.2) is 59.1 Å². The third kappa shape index (κ3) is 26.7. The molecule has 2 aromatic rings. The number of hydrogen-bond donors (Lipinski definition) is 1. The summed E-state index contributed by atoms with van der Waals surface area (Å²) in [6, 6.07) is 8.46. The van der Waals surface area contributed by atoms with Gasteiger partial charge < -0.3 is 68.9 Å². The molecule has 16 N–H and O–H groups in total. The summed E-state index contributed by atoms with van der Waals surface area (Å²) in [5.74, 6) is -0.408. The van der Waals surface area contributed by atoms with E-state index < -0.39 is 16.1 Å². The Bertz CT molecular complexity index is 694. The molecule has 0 aliphatic heterocycles. The zero-order valence-electron chi connectivity index (χ0n) is 15.9. The molecular weight excluding hydrogens is 597 g/mol. The number of nitrogens with two attached hydrogens (primary N) is 1. The van der Waals surface area contributed by atoms with Crippen molar-refractivity contribution in [3.63, 3.8) is 0 Å². The van der Waals surface area contributed by atoms with Crippen molar-refractivity contribution in [2.75, 3.05) is 0 Å². The molecule has 32 heavy (non-hydrogen) atoms. The maximum atomic E-state index is 11.6. The fourth-order valence-electron chi connectivity index (χ4n) is 1.21. The average Bonchev–Trinajstić information content (AvgIpc) is 2.60. The molecule has 0 unspecified atom stereocenters. The van der Waals surface area contributed by atoms with Gasteiger partial charge in [-0.3, -0.25) is 9.97 Å². The number of pyridine rings is 2. The molecule has 2 rings (SSSR count). The molecule has 0 amide bonds. The van der Waals surface area contributed by atoms with Crippen molar-refractivity contribution in [1.82, 2.24) is 9.97 Å². The molecule has 0 fully saturated rings. The Morgan fingerprint density at radius 2 is 1.38 bits per heavy atom. The van der Waals surface area contributed by atoms with Crippen LogP contribution >= 0.6 is 0 Å². The molecule has 0 saturated heterocycles. The molecule has 0 atom stereocenters. The zero-order chi connectivity index (χ0) is 19.9. The van der Waals surface area contributed by atoms with Gasteiger partial charge >= 0.3 is 38.2 Å². The Morgan fingerprint density at radius 1 is 0.875 bits per heavy atom. The van der Waals surface area contributed by atoms with Gasteiger partial charge in [-0.1, -0.05) is 12.1 Å². The van der Waals surface area contributed by atoms with Crippen LogP contribution in [0, 0.1) is 68.8 Å². The van der Waals surface area contributed by atoms with Gasteiger partial charge in [0.05, 0.1) is 10.2 Å². The van der Waals surface area contributed by atoms with Crippen LogP contribution in [0.1, 0.15) is 11.3 Å². The van der Waals surface area contributed by atoms with Crippen LogP contribution in [0.25, 0.3) is 0 Å². The molecule has 185 valence electrons. The van der Waals surface area contributed by atoms with E-state index in [1.807, 2.05) is 0 Å². The number of amidine groups is 1. The van der Waals surface area contributed by atoms with Gasteiger partial charge in [0, 0.05) is 30.1 Å². The average molecular weight is 621 g/mol. The van der Waals surface area contributed by atoms with Crippen LogP contribution in [0.4, 0.5) is 0 Å². The molecule has 0 aliphatic rings. The van der Waals surface area contributed by atoms with Crippen molar-refractivity contribution in [2.45, 2.75) is 0 Å². The number of nitrogens with zero attached hydrogens (tertiary/aromatic N) is 6. The van der Waals surface area contributed by atoms with E-state index in [0.717, 1.165) is 0 Å². The molecule has 1 radical (unpaired) electrons. The maximum absolute atomic E-state index is 11.6. The number of aromatic nitrogens is 2. The molecular formula is C12H24DyN7O12+4. The fraction of sp³-hybridized carbons (Fsp3) is 0. The van der Waals surface area contributed by atoms with Crippen LogP contribution in [0.3, 0.4) is 0 Å². The summed E-state index contributed by atoms with van der Waals surface area (Å²) in [5, 5.41) is 48.3. The van der Waals surface area contributed by atoms with E-state index in [9.17, 15) is 5.11 Å². The SMILES string of the molecule is N/C(=N\N=C(/[O-])c1cccnc1)c1ccccn1.O.O=[N+]([O-])[O-].O=[N+]([O-])[O-].[Dy+3].[OH3+].[OH3+].[OH3+].[OH3+]. The second kappa shape index (κ2) is 27.7. The summed E-state index contributed by atoms with van der Waals surface area (Å²) in [4.78, 5) is 24.3. The van der Waals surface area contributed by atoms with Gasteiger partial charge in [-0.15, -0.1) is 5.10 Å². The molecule has 0 aliphatic carbocycles. The first-order valence-electron chi connectivity index (χ1n) is 6.27. The maximum Gasteiger partial charge on any atom is 3.00 e. The minimum atomic E-state index is -1.75. The van der Waals surface area contributed by atoms with E-state index in [1.54, 1.807) is 42.7 Å². The van der Waals surface area contributed by atoms with Crippen molar-refractivity contribution in [2.24, 2.45) is 15.9 Å². The van der Waals surface area contributed by atoms with Gasteiger partial charge in [-0.05, 0) is 18.2 Å². The summed E-state index contributed by atoms with van der Waals surface area (Å²) in [6.07, 6.45) is 4.57. The van der Waals surface area contributed by atoms with Gasteiger partial charge in [0.25, 0.3) is 0 Å². The fourth-order valence-corrected chi connectivity index (χ4v) is 1.21. The monoisotopic (exact) mass is 622 g/mol. The Labute approximate surface area is 208 Å². The first-order chi connectivity index (χ1) is 12.2. The van der Waals surface area contributed by atoms with Crippen molar-refractivity contribution in [3.8, 4) is 0 Å². The van der Waals surface area contributed by atoms with E-state index in [-0.39, 0.29) is 71.4 Å². The summed E-state index contributed by atoms with van der Waals surface area (Å²) < 4.78 is 0. The molecule has 19 nitrogen and oxygen atoms in total. The quantitative estimate of drug-likeness (QED) is 0.112. The molecule has 0 aromatic carbocycles. The summed E-state index contributed by atoms with van der Waals surface area (Å²) in [6.45, 7) is 0. The first kappa shape index (κ1) is 46.8. The standard InChI is InChI=1S/C12H11N5O.Dy.2NO3.5H2O/c13-11(10-5-1-2-7-15-10)16-17-12(18)9-4-3-6-14-8-9;;2*2-1(3)4;;;;;/h1-8H,(H2,13,16)(H,17,18);;;;5*1H2/q;+3;2*-1;;;;;/p+3. The number of hydrogen-bond acceptors (Lipinski definition) is 11. The van der Waals surface area contributed by atoms with Crippen LogP contribution in [-0.2, 0) is 21.9 Å². The van der Waals surface area contributed by atoms with Gasteiger partial charge in [0.2, 0.25) is 0 Å². The largest absolute Gasteiger partial charge is 3.00 e. The Balaban J connectivity index is -0.0000000786. The van der Waals surface area contributed by atoms with E-state index in [2.05, 4.69) is 20.2 Å². The Kier molecular flexibility index (Phi) is 40.5. The van der Waals surface area contributed by atoms with Crippen molar-refractivity contribution < 1.29 is 80.8 Å². The second-order valence-corrected chi connectivity index (χ2v) is 3.79. The van der Waals surface area contributed by atoms with Crippen LogP contribution in [0.5, 0.6) is 0 Å². The number of rotatable bonds is 3. The third-order valence-electron chi connectivity index (χ3n) is 2.08. The van der Waals surface area contributed by atoms with E-state index >= 15 is 0 Å². The van der Waals surface area contributed by atoms with Gasteiger partial charge in [-0.2, -0.15) is 5.10 Å². The molecule has 2 heterocycles. The van der Waals surface area contributed by atoms with Crippen molar-refractivity contribution in [3.05, 3.63) is 90.8 Å². The molecule has 0 saturated carbocycles. The van der Waals surface area contributed by atoms with Gasteiger partial charge in [-0.25, -0.2) is 0 Å². The normalized spacial score (nSPS) is 8.50. The Hall–Kier alpha value is -3.29. The molecule has 0 bridgehead atoms. The van der Waals surface area contributed by atoms with Gasteiger partial charge in [0.1, 0.15) is 5.69 Å². The second-order valence-electron chi connectivity index (χ2n) is 3.79. The topological polar surface area (TPSA) is 395 Å². The predicted molar refractivity (Wildman–Crippen MR) is 110 cm³/mol. The molecule has 2 aromatic heterocycles. The van der Waals surface area contributed by atoms with Gasteiger partial charge in [0.15, 0.2) is 5.84 Å². The van der Waals surface area contributed by atoms with E-state index in [0.29, 0.717) is 11.3 Å². The first-order valence-corrected chi connectivity index (χ1v) is 6.27. The molecule has 20 heteroatoms. The van der Waals surface area contributed by atoms with Crippen molar-refractivity contribution in [1.29, 1.82) is 0 Å². The van der Waals surface area contributed by atoms with Crippen LogP contribution in [-0.4, -0.2) is 37.4 Å². The third-order valence-corrected chi connectivity index (χ3v) is 2.08. The van der Waals surface area contributed by atoms with Crippen molar-refractivity contribution >= 4 is 11.7 Å². The zero-order valence-corrected chi connectivity index (χ0v) is 17.9. The summed E-state index contributed by atoms with van der Waals surface area (Å²) >= 11 is 0. The minimum Gasteiger partial charge on any atom is -0.857 e. The van der Waals surface area contributed by atoms with E-state index in [4.69, 9.17) is 36.4 Å². The van der Waals surface area contributed by atoms with Crippen LogP contribution in [0.2, 0.25) is 0 Å². The minimum absolute atomic E-state index is 0.